The van der Waals surface area contributed by atoms with Crippen molar-refractivity contribution in [3.8, 4) is 0 Å². The highest BCUT2D eigenvalue weighted by molar-refractivity contribution is 6.35. The predicted octanol–water partition coefficient (Wildman–Crippen LogP) is 1.86. The van der Waals surface area contributed by atoms with Crippen LogP contribution in [-0.4, -0.2) is 22.5 Å². The molecule has 0 aromatic carbocycles. The molecule has 14 heavy (non-hydrogen) atoms. The Hall–Kier alpha value is -1.67. The molecule has 0 aliphatic heterocycles. The van der Waals surface area contributed by atoms with Crippen molar-refractivity contribution in [3.05, 3.63) is 28.5 Å². The molecule has 0 fully saturated rings. The van der Waals surface area contributed by atoms with E-state index in [0.29, 0.717) is 0 Å². The van der Waals surface area contributed by atoms with Gasteiger partial charge in [0.25, 0.3) is 5.82 Å². The maximum Gasteiger partial charge on any atom is 0.357 e. The van der Waals surface area contributed by atoms with Gasteiger partial charge in [-0.3, -0.25) is 0 Å². The lowest BCUT2D eigenvalue weighted by atomic mass is 10.4. The Bertz CT molecular complexity index is 400. The standard InChI is InChI=1S/C8H6ClN3O2/c1-3-14-8(13)6-5(9)7(10-2)12-4-11-6/h4H,3H2,1H3. The molecule has 0 N–H and O–H groups in total. The molecule has 0 saturated carbocycles. The zero-order chi connectivity index (χ0) is 10.6. The predicted molar refractivity (Wildman–Crippen MR) is 49.3 cm³/mol. The van der Waals surface area contributed by atoms with E-state index < -0.39 is 5.97 Å². The molecule has 0 aliphatic rings. The largest absolute Gasteiger partial charge is 0.461 e. The molecular weight excluding hydrogens is 206 g/mol. The van der Waals surface area contributed by atoms with Gasteiger partial charge in [-0.05, 0) is 6.92 Å². The SMILES string of the molecule is [C-]#[N+]c1ncnc(C(=O)OCC)c1Cl. The van der Waals surface area contributed by atoms with E-state index in [4.69, 9.17) is 22.9 Å². The van der Waals surface area contributed by atoms with Crippen LogP contribution in [0.1, 0.15) is 17.4 Å². The van der Waals surface area contributed by atoms with Crippen LogP contribution in [0.4, 0.5) is 5.82 Å². The molecule has 1 rings (SSSR count). The van der Waals surface area contributed by atoms with Gasteiger partial charge < -0.3 is 9.58 Å². The molecule has 0 bridgehead atoms. The highest BCUT2D eigenvalue weighted by Crippen LogP contribution is 2.24. The summed E-state index contributed by atoms with van der Waals surface area (Å²) in [5.41, 5.74) is -0.0745. The average Bonchev–Trinajstić information content (AvgIpc) is 2.18. The Morgan fingerprint density at radius 2 is 2.43 bits per heavy atom. The fraction of sp³-hybridized carbons (Fsp3) is 0.250. The van der Waals surface area contributed by atoms with Crippen LogP contribution >= 0.6 is 11.6 Å². The van der Waals surface area contributed by atoms with E-state index in [2.05, 4.69) is 14.8 Å². The Morgan fingerprint density at radius 3 is 3.00 bits per heavy atom. The molecule has 0 unspecified atom stereocenters. The Morgan fingerprint density at radius 1 is 1.71 bits per heavy atom. The fourth-order valence-electron chi connectivity index (χ4n) is 0.780. The zero-order valence-corrected chi connectivity index (χ0v) is 8.08. The summed E-state index contributed by atoms with van der Waals surface area (Å²) in [4.78, 5) is 21.5. The second-order valence-electron chi connectivity index (χ2n) is 2.19. The maximum absolute atomic E-state index is 11.2. The smallest absolute Gasteiger partial charge is 0.357 e. The number of carbonyl (C=O) groups excluding carboxylic acids is 1. The van der Waals surface area contributed by atoms with E-state index >= 15 is 0 Å². The van der Waals surface area contributed by atoms with Gasteiger partial charge in [0.05, 0.1) is 6.61 Å². The molecule has 0 spiro atoms. The number of nitrogens with zero attached hydrogens (tertiary/aromatic N) is 3. The molecule has 1 aromatic rings. The van der Waals surface area contributed by atoms with Crippen molar-refractivity contribution in [2.75, 3.05) is 6.61 Å². The monoisotopic (exact) mass is 211 g/mol. The Balaban J connectivity index is 3.11. The quantitative estimate of drug-likeness (QED) is 0.554. The van der Waals surface area contributed by atoms with Gasteiger partial charge >= 0.3 is 5.97 Å². The highest BCUT2D eigenvalue weighted by Gasteiger charge is 2.17. The van der Waals surface area contributed by atoms with Crippen LogP contribution in [0.2, 0.25) is 5.02 Å². The first kappa shape index (κ1) is 10.4. The summed E-state index contributed by atoms with van der Waals surface area (Å²) in [6, 6.07) is 0. The number of ether oxygens (including phenoxy) is 1. The summed E-state index contributed by atoms with van der Waals surface area (Å²) in [6.45, 7) is 8.62. The van der Waals surface area contributed by atoms with Crippen molar-refractivity contribution < 1.29 is 9.53 Å². The highest BCUT2D eigenvalue weighted by atomic mass is 35.5. The van der Waals surface area contributed by atoms with Crippen molar-refractivity contribution in [3.63, 3.8) is 0 Å². The summed E-state index contributed by atoms with van der Waals surface area (Å²) < 4.78 is 4.69. The van der Waals surface area contributed by atoms with Crippen LogP contribution < -0.4 is 0 Å². The van der Waals surface area contributed by atoms with Crippen molar-refractivity contribution in [1.82, 2.24) is 9.97 Å². The lowest BCUT2D eigenvalue weighted by molar-refractivity contribution is 0.0519. The van der Waals surface area contributed by atoms with Crippen molar-refractivity contribution >= 4 is 23.4 Å². The molecule has 72 valence electrons. The lowest BCUT2D eigenvalue weighted by Gasteiger charge is -2.02. The number of carbonyl (C=O) groups is 1. The molecule has 1 heterocycles. The van der Waals surface area contributed by atoms with E-state index in [1.54, 1.807) is 6.92 Å². The number of halogens is 1. The van der Waals surface area contributed by atoms with E-state index in [-0.39, 0.29) is 23.1 Å². The van der Waals surface area contributed by atoms with Crippen LogP contribution in [-0.2, 0) is 4.74 Å². The Labute approximate surface area is 85.5 Å². The summed E-state index contributed by atoms with van der Waals surface area (Å²) in [7, 11) is 0. The first-order valence-corrected chi connectivity index (χ1v) is 4.13. The number of hydrogen-bond acceptors (Lipinski definition) is 4. The van der Waals surface area contributed by atoms with Crippen molar-refractivity contribution in [2.45, 2.75) is 6.92 Å². The van der Waals surface area contributed by atoms with E-state index in [1.165, 1.54) is 0 Å². The minimum Gasteiger partial charge on any atom is -0.461 e. The molecule has 0 amide bonds. The average molecular weight is 212 g/mol. The van der Waals surface area contributed by atoms with Gasteiger partial charge in [-0.1, -0.05) is 18.2 Å². The second-order valence-corrected chi connectivity index (χ2v) is 2.57. The summed E-state index contributed by atoms with van der Waals surface area (Å²) in [5.74, 6) is -0.700. The number of esters is 1. The van der Waals surface area contributed by atoms with Crippen LogP contribution in [0.15, 0.2) is 6.33 Å². The number of hydrogen-bond donors (Lipinski definition) is 0. The lowest BCUT2D eigenvalue weighted by Crippen LogP contribution is -2.08. The third kappa shape index (κ3) is 1.98. The minimum absolute atomic E-state index is 0.0512. The van der Waals surface area contributed by atoms with E-state index in [0.717, 1.165) is 6.33 Å². The normalized spacial score (nSPS) is 9.21. The van der Waals surface area contributed by atoms with Gasteiger partial charge in [0.2, 0.25) is 6.33 Å². The molecular formula is C8H6ClN3O2. The van der Waals surface area contributed by atoms with Crippen molar-refractivity contribution in [2.24, 2.45) is 0 Å². The topological polar surface area (TPSA) is 56.4 Å². The van der Waals surface area contributed by atoms with Crippen LogP contribution in [0.5, 0.6) is 0 Å². The third-order valence-electron chi connectivity index (χ3n) is 1.35. The van der Waals surface area contributed by atoms with Crippen LogP contribution in [0.3, 0.4) is 0 Å². The molecule has 5 nitrogen and oxygen atoms in total. The Kier molecular flexibility index (Phi) is 3.37. The first-order valence-electron chi connectivity index (χ1n) is 3.75. The summed E-state index contributed by atoms with van der Waals surface area (Å²) in [6.07, 6.45) is 1.10. The molecule has 1 aromatic heterocycles. The molecule has 0 radical (unpaired) electrons. The third-order valence-corrected chi connectivity index (χ3v) is 1.69. The summed E-state index contributed by atoms with van der Waals surface area (Å²) in [5, 5.41) is -0.0686. The van der Waals surface area contributed by atoms with Gasteiger partial charge in [-0.15, -0.1) is 4.98 Å². The molecule has 0 aliphatic carbocycles. The minimum atomic E-state index is -0.648. The van der Waals surface area contributed by atoms with Gasteiger partial charge in [-0.25, -0.2) is 9.78 Å². The van der Waals surface area contributed by atoms with Crippen LogP contribution in [0, 0.1) is 6.57 Å². The second kappa shape index (κ2) is 4.53. The van der Waals surface area contributed by atoms with E-state index in [1.807, 2.05) is 0 Å². The van der Waals surface area contributed by atoms with Gasteiger partial charge in [-0.2, -0.15) is 0 Å². The zero-order valence-electron chi connectivity index (χ0n) is 7.32. The van der Waals surface area contributed by atoms with Gasteiger partial charge in [0, 0.05) is 0 Å². The maximum atomic E-state index is 11.2. The van der Waals surface area contributed by atoms with E-state index in [9.17, 15) is 4.79 Å². The number of rotatable bonds is 2. The van der Waals surface area contributed by atoms with Crippen LogP contribution in [0.25, 0.3) is 4.85 Å². The fourth-order valence-corrected chi connectivity index (χ4v) is 0.997. The molecule has 0 atom stereocenters. The van der Waals surface area contributed by atoms with Gasteiger partial charge in [0.15, 0.2) is 5.69 Å². The first-order chi connectivity index (χ1) is 6.70. The molecule has 0 saturated heterocycles. The molecule has 6 heteroatoms. The summed E-state index contributed by atoms with van der Waals surface area (Å²) >= 11 is 5.70. The van der Waals surface area contributed by atoms with Gasteiger partial charge in [0.1, 0.15) is 5.02 Å². The number of aromatic nitrogens is 2. The van der Waals surface area contributed by atoms with Crippen molar-refractivity contribution in [1.29, 1.82) is 0 Å².